The highest BCUT2D eigenvalue weighted by Gasteiger charge is 2.22. The molecule has 144 valence electrons. The molecule has 0 saturated carbocycles. The summed E-state index contributed by atoms with van der Waals surface area (Å²) in [5.41, 5.74) is 3.53. The van der Waals surface area contributed by atoms with Gasteiger partial charge in [-0.25, -0.2) is 4.79 Å². The van der Waals surface area contributed by atoms with Crippen molar-refractivity contribution in [1.29, 1.82) is 0 Å². The standard InChI is InChI=1S/C23H17ClN2O3/c24-18-4-1-16(2-5-18)19-11-17-3-6-21-20(22(17)29-23(19)27)13-26(14-28-21)12-15-7-9-25-10-8-15/h1-11H,12-14H2. The van der Waals surface area contributed by atoms with Crippen molar-refractivity contribution in [3.8, 4) is 16.9 Å². The molecule has 0 fully saturated rings. The molecule has 0 saturated heterocycles. The van der Waals surface area contributed by atoms with Crippen LogP contribution in [0, 0.1) is 0 Å². The number of rotatable bonds is 3. The van der Waals surface area contributed by atoms with Crippen LogP contribution >= 0.6 is 11.6 Å². The number of pyridine rings is 1. The van der Waals surface area contributed by atoms with Crippen molar-refractivity contribution < 1.29 is 9.15 Å². The summed E-state index contributed by atoms with van der Waals surface area (Å²) in [5, 5.41) is 1.49. The van der Waals surface area contributed by atoms with Crippen molar-refractivity contribution in [3.05, 3.63) is 93.6 Å². The van der Waals surface area contributed by atoms with Crippen molar-refractivity contribution >= 4 is 22.6 Å². The van der Waals surface area contributed by atoms with Gasteiger partial charge in [-0.15, -0.1) is 0 Å². The topological polar surface area (TPSA) is 55.6 Å². The van der Waals surface area contributed by atoms with Crippen LogP contribution in [0.5, 0.6) is 5.75 Å². The molecule has 0 N–H and O–H groups in total. The van der Waals surface area contributed by atoms with E-state index < -0.39 is 0 Å². The average Bonchev–Trinajstić information content (AvgIpc) is 2.75. The number of hydrogen-bond acceptors (Lipinski definition) is 5. The van der Waals surface area contributed by atoms with E-state index in [0.717, 1.165) is 34.4 Å². The molecule has 1 aliphatic heterocycles. The van der Waals surface area contributed by atoms with Gasteiger partial charge in [-0.05, 0) is 53.6 Å². The largest absolute Gasteiger partial charge is 0.478 e. The zero-order chi connectivity index (χ0) is 19.8. The van der Waals surface area contributed by atoms with Crippen molar-refractivity contribution in [2.24, 2.45) is 0 Å². The smallest absolute Gasteiger partial charge is 0.344 e. The predicted molar refractivity (Wildman–Crippen MR) is 112 cm³/mol. The molecule has 2 aromatic carbocycles. The monoisotopic (exact) mass is 404 g/mol. The summed E-state index contributed by atoms with van der Waals surface area (Å²) in [7, 11) is 0. The molecule has 0 amide bonds. The molecular weight excluding hydrogens is 388 g/mol. The lowest BCUT2D eigenvalue weighted by Gasteiger charge is -2.29. The van der Waals surface area contributed by atoms with Gasteiger partial charge in [-0.2, -0.15) is 0 Å². The Labute approximate surface area is 172 Å². The van der Waals surface area contributed by atoms with Gasteiger partial charge in [0.05, 0.1) is 11.1 Å². The molecule has 0 unspecified atom stereocenters. The highest BCUT2D eigenvalue weighted by Crippen LogP contribution is 2.33. The number of fused-ring (bicyclic) bond motifs is 3. The summed E-state index contributed by atoms with van der Waals surface area (Å²) in [6.45, 7) is 1.84. The Morgan fingerprint density at radius 3 is 2.62 bits per heavy atom. The van der Waals surface area contributed by atoms with Crippen LogP contribution in [-0.2, 0) is 13.1 Å². The fourth-order valence-electron chi connectivity index (χ4n) is 3.62. The zero-order valence-corrected chi connectivity index (χ0v) is 16.2. The van der Waals surface area contributed by atoms with E-state index in [1.165, 1.54) is 0 Å². The third-order valence-electron chi connectivity index (χ3n) is 5.06. The molecule has 0 bridgehead atoms. The normalized spacial score (nSPS) is 13.8. The van der Waals surface area contributed by atoms with Gasteiger partial charge in [-0.3, -0.25) is 9.88 Å². The van der Waals surface area contributed by atoms with Crippen molar-refractivity contribution in [1.82, 2.24) is 9.88 Å². The van der Waals surface area contributed by atoms with Gasteiger partial charge in [0.15, 0.2) is 0 Å². The van der Waals surface area contributed by atoms with Crippen molar-refractivity contribution in [2.45, 2.75) is 13.1 Å². The van der Waals surface area contributed by atoms with Crippen LogP contribution in [0.1, 0.15) is 11.1 Å². The van der Waals surface area contributed by atoms with E-state index in [2.05, 4.69) is 9.88 Å². The Hall–Kier alpha value is -3.15. The summed E-state index contributed by atoms with van der Waals surface area (Å²) in [6, 6.07) is 16.9. The molecule has 6 heteroatoms. The lowest BCUT2D eigenvalue weighted by atomic mass is 10.0. The number of benzene rings is 2. The maximum atomic E-state index is 12.7. The third-order valence-corrected chi connectivity index (χ3v) is 5.31. The second-order valence-corrected chi connectivity index (χ2v) is 7.47. The quantitative estimate of drug-likeness (QED) is 0.456. The predicted octanol–water partition coefficient (Wildman–Crippen LogP) is 4.86. The second kappa shape index (κ2) is 7.35. The molecular formula is C23H17ClN2O3. The molecule has 0 spiro atoms. The highest BCUT2D eigenvalue weighted by molar-refractivity contribution is 6.30. The average molecular weight is 405 g/mol. The molecule has 0 atom stereocenters. The van der Waals surface area contributed by atoms with E-state index in [-0.39, 0.29) is 5.63 Å². The molecule has 29 heavy (non-hydrogen) atoms. The Kier molecular flexibility index (Phi) is 4.54. The first-order valence-corrected chi connectivity index (χ1v) is 9.65. The molecule has 3 heterocycles. The number of hydrogen-bond donors (Lipinski definition) is 0. The fraction of sp³-hybridized carbons (Fsp3) is 0.130. The van der Waals surface area contributed by atoms with Crippen molar-refractivity contribution in [2.75, 3.05) is 6.73 Å². The van der Waals surface area contributed by atoms with Crippen LogP contribution in [0.4, 0.5) is 0 Å². The number of nitrogens with zero attached hydrogens (tertiary/aromatic N) is 2. The SMILES string of the molecule is O=c1oc2c3c(ccc2cc1-c1ccc(Cl)cc1)OCN(Cc1ccncc1)C3. The van der Waals surface area contributed by atoms with Crippen LogP contribution in [0.25, 0.3) is 22.1 Å². The number of ether oxygens (including phenoxy) is 1. The summed E-state index contributed by atoms with van der Waals surface area (Å²) in [5.74, 6) is 0.755. The number of aromatic nitrogens is 1. The Morgan fingerprint density at radius 1 is 1.03 bits per heavy atom. The molecule has 0 aliphatic carbocycles. The van der Waals surface area contributed by atoms with Gasteiger partial charge in [-0.1, -0.05) is 23.7 Å². The number of halogens is 1. The van der Waals surface area contributed by atoms with Gasteiger partial charge in [0, 0.05) is 35.9 Å². The van der Waals surface area contributed by atoms with E-state index in [0.29, 0.717) is 29.4 Å². The molecule has 5 rings (SSSR count). The molecule has 0 radical (unpaired) electrons. The Morgan fingerprint density at radius 2 is 1.83 bits per heavy atom. The maximum absolute atomic E-state index is 12.7. The molecule has 1 aliphatic rings. The van der Waals surface area contributed by atoms with Crippen LogP contribution in [-0.4, -0.2) is 16.6 Å². The van der Waals surface area contributed by atoms with E-state index in [4.69, 9.17) is 20.8 Å². The first kappa shape index (κ1) is 17.9. The van der Waals surface area contributed by atoms with Crippen LogP contribution in [0.2, 0.25) is 5.02 Å². The first-order valence-electron chi connectivity index (χ1n) is 9.27. The Balaban J connectivity index is 1.53. The van der Waals surface area contributed by atoms with Crippen LogP contribution < -0.4 is 10.4 Å². The minimum atomic E-state index is -0.375. The molecule has 5 nitrogen and oxygen atoms in total. The summed E-state index contributed by atoms with van der Waals surface area (Å²) in [4.78, 5) is 18.9. The fourth-order valence-corrected chi connectivity index (χ4v) is 3.74. The molecule has 4 aromatic rings. The van der Waals surface area contributed by atoms with Gasteiger partial charge in [0.25, 0.3) is 0 Å². The van der Waals surface area contributed by atoms with Crippen LogP contribution in [0.3, 0.4) is 0 Å². The zero-order valence-electron chi connectivity index (χ0n) is 15.5. The lowest BCUT2D eigenvalue weighted by Crippen LogP contribution is -2.31. The third kappa shape index (κ3) is 3.50. The van der Waals surface area contributed by atoms with E-state index >= 15 is 0 Å². The van der Waals surface area contributed by atoms with E-state index in [9.17, 15) is 4.79 Å². The van der Waals surface area contributed by atoms with E-state index in [1.54, 1.807) is 24.5 Å². The van der Waals surface area contributed by atoms with Gasteiger partial charge in [0.2, 0.25) is 0 Å². The van der Waals surface area contributed by atoms with E-state index in [1.807, 2.05) is 42.5 Å². The Bertz CT molecular complexity index is 1240. The lowest BCUT2D eigenvalue weighted by molar-refractivity contribution is 0.0889. The minimum absolute atomic E-state index is 0.375. The summed E-state index contributed by atoms with van der Waals surface area (Å²) < 4.78 is 11.7. The van der Waals surface area contributed by atoms with Gasteiger partial charge in [0.1, 0.15) is 18.1 Å². The van der Waals surface area contributed by atoms with Crippen LogP contribution in [0.15, 0.2) is 76.2 Å². The van der Waals surface area contributed by atoms with Gasteiger partial charge >= 0.3 is 5.63 Å². The van der Waals surface area contributed by atoms with Gasteiger partial charge < -0.3 is 9.15 Å². The first-order chi connectivity index (χ1) is 14.2. The molecule has 2 aromatic heterocycles. The summed E-state index contributed by atoms with van der Waals surface area (Å²) >= 11 is 5.96. The highest BCUT2D eigenvalue weighted by atomic mass is 35.5. The van der Waals surface area contributed by atoms with Crippen molar-refractivity contribution in [3.63, 3.8) is 0 Å². The summed E-state index contributed by atoms with van der Waals surface area (Å²) in [6.07, 6.45) is 3.56. The second-order valence-electron chi connectivity index (χ2n) is 7.03. The minimum Gasteiger partial charge on any atom is -0.478 e. The maximum Gasteiger partial charge on any atom is 0.344 e.